The molecule has 0 spiro atoms. The first-order chi connectivity index (χ1) is 7.54. The van der Waals surface area contributed by atoms with Gasteiger partial charge in [0.25, 0.3) is 0 Å². The Bertz CT molecular complexity index is 322. The van der Waals surface area contributed by atoms with Crippen LogP contribution in [0.2, 0.25) is 0 Å². The fraction of sp³-hybridized carbons (Fsp3) is 0.455. The molecular formula is C11H16ClF2NO2. The monoisotopic (exact) mass is 267 g/mol. The maximum Gasteiger partial charge on any atom is 0.387 e. The number of benzene rings is 1. The van der Waals surface area contributed by atoms with Crippen LogP contribution in [-0.2, 0) is 0 Å². The van der Waals surface area contributed by atoms with E-state index in [-0.39, 0.29) is 18.2 Å². The Hall–Kier alpha value is -0.910. The maximum absolute atomic E-state index is 11.9. The van der Waals surface area contributed by atoms with Crippen LogP contribution in [-0.4, -0.2) is 17.8 Å². The lowest BCUT2D eigenvalue weighted by Crippen LogP contribution is -2.25. The Morgan fingerprint density at radius 3 is 2.24 bits per heavy atom. The highest BCUT2D eigenvalue weighted by Crippen LogP contribution is 2.20. The topological polar surface area (TPSA) is 55.5 Å². The summed E-state index contributed by atoms with van der Waals surface area (Å²) in [6.07, 6.45) is -0.0990. The van der Waals surface area contributed by atoms with Gasteiger partial charge in [0.15, 0.2) is 0 Å². The van der Waals surface area contributed by atoms with Gasteiger partial charge in [0.2, 0.25) is 0 Å². The summed E-state index contributed by atoms with van der Waals surface area (Å²) >= 11 is 0. The minimum atomic E-state index is -2.83. The van der Waals surface area contributed by atoms with Crippen LogP contribution in [0.1, 0.15) is 24.9 Å². The van der Waals surface area contributed by atoms with Crippen molar-refractivity contribution in [3.63, 3.8) is 0 Å². The summed E-state index contributed by atoms with van der Waals surface area (Å²) < 4.78 is 28.0. The van der Waals surface area contributed by atoms with Crippen LogP contribution in [0.5, 0.6) is 5.75 Å². The molecule has 0 heterocycles. The molecule has 0 aliphatic carbocycles. The highest BCUT2D eigenvalue weighted by Gasteiger charge is 2.14. The van der Waals surface area contributed by atoms with Crippen LogP contribution in [0, 0.1) is 0 Å². The lowest BCUT2D eigenvalue weighted by molar-refractivity contribution is -0.0498. The number of alkyl halides is 2. The van der Waals surface area contributed by atoms with Gasteiger partial charge in [-0.15, -0.1) is 12.4 Å². The SMILES string of the molecule is CC[C@@H](O)[C@@H](N)c1ccc(OC(F)F)cc1.Cl. The first-order valence-electron chi connectivity index (χ1n) is 5.03. The average Bonchev–Trinajstić information content (AvgIpc) is 2.27. The van der Waals surface area contributed by atoms with Crippen molar-refractivity contribution in [3.05, 3.63) is 29.8 Å². The molecule has 3 nitrogen and oxygen atoms in total. The summed E-state index contributed by atoms with van der Waals surface area (Å²) in [5.74, 6) is 0.0805. The zero-order valence-corrected chi connectivity index (χ0v) is 10.2. The van der Waals surface area contributed by atoms with E-state index >= 15 is 0 Å². The molecule has 3 N–H and O–H groups in total. The Kier molecular flexibility index (Phi) is 7.03. The van der Waals surface area contributed by atoms with Crippen LogP contribution in [0.3, 0.4) is 0 Å². The summed E-state index contributed by atoms with van der Waals surface area (Å²) in [6, 6.07) is 5.45. The Morgan fingerprint density at radius 2 is 1.82 bits per heavy atom. The predicted octanol–water partition coefficient (Wildman–Crippen LogP) is 2.48. The second-order valence-electron chi connectivity index (χ2n) is 3.45. The van der Waals surface area contributed by atoms with Gasteiger partial charge in [0.1, 0.15) is 5.75 Å². The van der Waals surface area contributed by atoms with Gasteiger partial charge in [0.05, 0.1) is 12.1 Å². The Balaban J connectivity index is 0.00000256. The quantitative estimate of drug-likeness (QED) is 0.862. The number of ether oxygens (including phenoxy) is 1. The molecule has 0 aliphatic heterocycles. The molecule has 0 amide bonds. The van der Waals surface area contributed by atoms with Crippen molar-refractivity contribution in [2.45, 2.75) is 32.1 Å². The van der Waals surface area contributed by atoms with E-state index in [2.05, 4.69) is 4.74 Å². The molecule has 0 radical (unpaired) electrons. The third-order valence-electron chi connectivity index (χ3n) is 2.32. The molecule has 6 heteroatoms. The van der Waals surface area contributed by atoms with E-state index < -0.39 is 18.8 Å². The molecule has 1 rings (SSSR count). The number of nitrogens with two attached hydrogens (primary N) is 1. The van der Waals surface area contributed by atoms with Crippen LogP contribution in [0.4, 0.5) is 8.78 Å². The van der Waals surface area contributed by atoms with E-state index in [9.17, 15) is 13.9 Å². The van der Waals surface area contributed by atoms with E-state index in [4.69, 9.17) is 5.73 Å². The van der Waals surface area contributed by atoms with Gasteiger partial charge in [-0.2, -0.15) is 8.78 Å². The number of aliphatic hydroxyl groups is 1. The predicted molar refractivity (Wildman–Crippen MR) is 63.5 cm³/mol. The maximum atomic E-state index is 11.9. The number of halogens is 3. The summed E-state index contributed by atoms with van der Waals surface area (Å²) in [4.78, 5) is 0. The smallest absolute Gasteiger partial charge is 0.387 e. The van der Waals surface area contributed by atoms with E-state index in [0.717, 1.165) is 0 Å². The average molecular weight is 268 g/mol. The minimum Gasteiger partial charge on any atom is -0.435 e. The molecule has 1 aromatic carbocycles. The van der Waals surface area contributed by atoms with Gasteiger partial charge in [-0.3, -0.25) is 0 Å². The largest absolute Gasteiger partial charge is 0.435 e. The van der Waals surface area contributed by atoms with E-state index in [0.29, 0.717) is 12.0 Å². The van der Waals surface area contributed by atoms with Gasteiger partial charge in [-0.1, -0.05) is 19.1 Å². The van der Waals surface area contributed by atoms with Gasteiger partial charge >= 0.3 is 6.61 Å². The zero-order chi connectivity index (χ0) is 12.1. The van der Waals surface area contributed by atoms with Crippen molar-refractivity contribution >= 4 is 12.4 Å². The fourth-order valence-electron chi connectivity index (χ4n) is 1.35. The number of aliphatic hydroxyl groups excluding tert-OH is 1. The molecule has 0 aromatic heterocycles. The van der Waals surface area contributed by atoms with Gasteiger partial charge in [0, 0.05) is 0 Å². The molecule has 2 atom stereocenters. The van der Waals surface area contributed by atoms with Crippen molar-refractivity contribution < 1.29 is 18.6 Å². The summed E-state index contributed by atoms with van der Waals surface area (Å²) in [7, 11) is 0. The summed E-state index contributed by atoms with van der Waals surface area (Å²) in [5.41, 5.74) is 6.45. The third kappa shape index (κ3) is 4.85. The second-order valence-corrected chi connectivity index (χ2v) is 3.45. The molecule has 1 aromatic rings. The lowest BCUT2D eigenvalue weighted by atomic mass is 10.0. The standard InChI is InChI=1S/C11H15F2NO2.ClH/c1-2-9(15)10(14)7-3-5-8(6-4-7)16-11(12)13;/h3-6,9-11,15H,2,14H2,1H3;1H/t9-,10+;/m1./s1. The van der Waals surface area contributed by atoms with Crippen LogP contribution >= 0.6 is 12.4 Å². The van der Waals surface area contributed by atoms with E-state index in [1.807, 2.05) is 6.92 Å². The number of hydrogen-bond donors (Lipinski definition) is 2. The summed E-state index contributed by atoms with van der Waals surface area (Å²) in [5, 5.41) is 9.52. The highest BCUT2D eigenvalue weighted by atomic mass is 35.5. The fourth-order valence-corrected chi connectivity index (χ4v) is 1.35. The molecular weight excluding hydrogens is 252 g/mol. The van der Waals surface area contributed by atoms with Crippen LogP contribution < -0.4 is 10.5 Å². The first-order valence-corrected chi connectivity index (χ1v) is 5.03. The van der Waals surface area contributed by atoms with Crippen LogP contribution in [0.25, 0.3) is 0 Å². The van der Waals surface area contributed by atoms with E-state index in [1.54, 1.807) is 12.1 Å². The minimum absolute atomic E-state index is 0. The van der Waals surface area contributed by atoms with Crippen molar-refractivity contribution in [2.75, 3.05) is 0 Å². The van der Waals surface area contributed by atoms with Crippen molar-refractivity contribution in [1.82, 2.24) is 0 Å². The molecule has 0 bridgehead atoms. The molecule has 0 unspecified atom stereocenters. The molecule has 0 saturated carbocycles. The highest BCUT2D eigenvalue weighted by molar-refractivity contribution is 5.85. The lowest BCUT2D eigenvalue weighted by Gasteiger charge is -2.17. The summed E-state index contributed by atoms with van der Waals surface area (Å²) in [6.45, 7) is -1.01. The Labute approximate surface area is 105 Å². The normalized spacial score (nSPS) is 14.0. The first kappa shape index (κ1) is 16.1. The molecule has 17 heavy (non-hydrogen) atoms. The van der Waals surface area contributed by atoms with Crippen molar-refractivity contribution in [3.8, 4) is 5.75 Å². The van der Waals surface area contributed by atoms with Crippen molar-refractivity contribution in [1.29, 1.82) is 0 Å². The van der Waals surface area contributed by atoms with E-state index in [1.165, 1.54) is 12.1 Å². The number of hydrogen-bond acceptors (Lipinski definition) is 3. The third-order valence-corrected chi connectivity index (χ3v) is 2.32. The van der Waals surface area contributed by atoms with Crippen LogP contribution in [0.15, 0.2) is 24.3 Å². The van der Waals surface area contributed by atoms with Gasteiger partial charge in [-0.25, -0.2) is 0 Å². The molecule has 0 saturated heterocycles. The molecule has 0 fully saturated rings. The van der Waals surface area contributed by atoms with Gasteiger partial charge < -0.3 is 15.6 Å². The number of rotatable bonds is 5. The molecule has 0 aliphatic rings. The second kappa shape index (κ2) is 7.42. The Morgan fingerprint density at radius 1 is 1.29 bits per heavy atom. The van der Waals surface area contributed by atoms with Crippen molar-refractivity contribution in [2.24, 2.45) is 5.73 Å². The molecule has 98 valence electrons. The van der Waals surface area contributed by atoms with Gasteiger partial charge in [-0.05, 0) is 24.1 Å². The zero-order valence-electron chi connectivity index (χ0n) is 9.35.